The summed E-state index contributed by atoms with van der Waals surface area (Å²) >= 11 is 0. The van der Waals surface area contributed by atoms with Crippen molar-refractivity contribution < 1.29 is 12.6 Å². The second-order valence-electron chi connectivity index (χ2n) is 3.48. The first-order valence-corrected chi connectivity index (χ1v) is 5.01. The predicted molar refractivity (Wildman–Crippen MR) is 36.0 cm³/mol. The number of rotatable bonds is 0. The lowest BCUT2D eigenvalue weighted by molar-refractivity contribution is 0.0207. The zero-order valence-electron chi connectivity index (χ0n) is 5.83. The lowest BCUT2D eigenvalue weighted by Crippen LogP contribution is -2.40. The highest BCUT2D eigenvalue weighted by Crippen LogP contribution is 2.49. The number of hydrogen-bond donors (Lipinski definition) is 0. The van der Waals surface area contributed by atoms with Gasteiger partial charge in [0.25, 0.3) is 10.1 Å². The molecule has 1 aliphatic carbocycles. The number of fused-ring (bicyclic) bond motifs is 1. The van der Waals surface area contributed by atoms with Crippen molar-refractivity contribution in [2.45, 2.75) is 25.9 Å². The average Bonchev–Trinajstić information content (AvgIpc) is 1.91. The van der Waals surface area contributed by atoms with Crippen LogP contribution in [0.4, 0.5) is 0 Å². The maximum Gasteiger partial charge on any atom is 0.268 e. The zero-order chi connectivity index (χ0) is 7.41. The van der Waals surface area contributed by atoms with E-state index in [-0.39, 0.29) is 17.3 Å². The smallest absolute Gasteiger partial charge is 0.266 e. The molecule has 10 heavy (non-hydrogen) atoms. The van der Waals surface area contributed by atoms with Crippen LogP contribution in [0.2, 0.25) is 0 Å². The number of hydrogen-bond acceptors (Lipinski definition) is 3. The van der Waals surface area contributed by atoms with Gasteiger partial charge >= 0.3 is 0 Å². The van der Waals surface area contributed by atoms with Crippen molar-refractivity contribution in [2.75, 3.05) is 5.75 Å². The molecule has 0 aromatic heterocycles. The van der Waals surface area contributed by atoms with Crippen LogP contribution in [0.25, 0.3) is 0 Å². The normalized spacial score (nSPS) is 49.9. The summed E-state index contributed by atoms with van der Waals surface area (Å²) < 4.78 is 26.6. The first-order valence-electron chi connectivity index (χ1n) is 3.43. The molecule has 2 fully saturated rings. The molecule has 0 aromatic rings. The molecule has 3 nitrogen and oxygen atoms in total. The van der Waals surface area contributed by atoms with Gasteiger partial charge in [-0.2, -0.15) is 8.42 Å². The Balaban J connectivity index is 2.33. The minimum absolute atomic E-state index is 0.00231. The Hall–Kier alpha value is -0.0900. The van der Waals surface area contributed by atoms with E-state index in [4.69, 9.17) is 4.18 Å². The molecule has 1 saturated carbocycles. The zero-order valence-corrected chi connectivity index (χ0v) is 6.65. The molecular weight excluding hydrogens is 152 g/mol. The first-order chi connectivity index (χ1) is 4.52. The first kappa shape index (κ1) is 6.61. The largest absolute Gasteiger partial charge is 0.268 e. The van der Waals surface area contributed by atoms with E-state index in [1.165, 1.54) is 0 Å². The molecule has 2 aliphatic rings. The standard InChI is InChI=1S/C6H10O3S/c1-6-3-2-5(6)9-10(7,8)4-6/h5H,2-4H2,1H3/t5?,6-/m1/s1. The fraction of sp³-hybridized carbons (Fsp3) is 1.00. The molecule has 0 aromatic carbocycles. The van der Waals surface area contributed by atoms with Gasteiger partial charge in [0, 0.05) is 5.41 Å². The fourth-order valence-electron chi connectivity index (χ4n) is 1.70. The van der Waals surface area contributed by atoms with E-state index in [0.717, 1.165) is 12.8 Å². The molecule has 1 saturated heterocycles. The third kappa shape index (κ3) is 0.720. The van der Waals surface area contributed by atoms with Crippen LogP contribution in [0.3, 0.4) is 0 Å². The SMILES string of the molecule is C[C@]12CCC1OS(=O)(=O)C2. The summed E-state index contributed by atoms with van der Waals surface area (Å²) in [6.07, 6.45) is 1.91. The summed E-state index contributed by atoms with van der Waals surface area (Å²) in [5.74, 6) is 0.227. The van der Waals surface area contributed by atoms with Crippen molar-refractivity contribution in [1.82, 2.24) is 0 Å². The van der Waals surface area contributed by atoms with Gasteiger partial charge < -0.3 is 0 Å². The third-order valence-corrected chi connectivity index (χ3v) is 4.06. The van der Waals surface area contributed by atoms with E-state index in [2.05, 4.69) is 0 Å². The van der Waals surface area contributed by atoms with Crippen molar-refractivity contribution in [3.8, 4) is 0 Å². The molecule has 1 unspecified atom stereocenters. The van der Waals surface area contributed by atoms with E-state index in [9.17, 15) is 8.42 Å². The van der Waals surface area contributed by atoms with Gasteiger partial charge in [-0.05, 0) is 12.8 Å². The Morgan fingerprint density at radius 1 is 1.60 bits per heavy atom. The molecule has 0 bridgehead atoms. The highest BCUT2D eigenvalue weighted by atomic mass is 32.2. The van der Waals surface area contributed by atoms with Crippen LogP contribution >= 0.6 is 0 Å². The third-order valence-electron chi connectivity index (χ3n) is 2.52. The summed E-state index contributed by atoms with van der Waals surface area (Å²) in [5.41, 5.74) is -0.0428. The Bertz CT molecular complexity index is 256. The molecule has 1 heterocycles. The van der Waals surface area contributed by atoms with Gasteiger partial charge in [0.15, 0.2) is 0 Å². The van der Waals surface area contributed by atoms with E-state index in [1.54, 1.807) is 0 Å². The molecule has 0 N–H and O–H groups in total. The van der Waals surface area contributed by atoms with Crippen LogP contribution in [0.15, 0.2) is 0 Å². The maximum atomic E-state index is 10.9. The molecule has 0 spiro atoms. The van der Waals surface area contributed by atoms with E-state index < -0.39 is 10.1 Å². The maximum absolute atomic E-state index is 10.9. The van der Waals surface area contributed by atoms with Crippen LogP contribution in [0.5, 0.6) is 0 Å². The monoisotopic (exact) mass is 162 g/mol. The van der Waals surface area contributed by atoms with Gasteiger partial charge in [-0.25, -0.2) is 0 Å². The molecule has 0 amide bonds. The van der Waals surface area contributed by atoms with Crippen LogP contribution in [-0.2, 0) is 14.3 Å². The van der Waals surface area contributed by atoms with E-state index in [0.29, 0.717) is 0 Å². The van der Waals surface area contributed by atoms with Gasteiger partial charge in [-0.15, -0.1) is 0 Å². The fourth-order valence-corrected chi connectivity index (χ4v) is 3.59. The van der Waals surface area contributed by atoms with Crippen molar-refractivity contribution in [3.05, 3.63) is 0 Å². The van der Waals surface area contributed by atoms with Crippen molar-refractivity contribution in [3.63, 3.8) is 0 Å². The molecule has 2 atom stereocenters. The second-order valence-corrected chi connectivity index (χ2v) is 5.08. The Morgan fingerprint density at radius 3 is 2.50 bits per heavy atom. The predicted octanol–water partition coefficient (Wildman–Crippen LogP) is 0.515. The van der Waals surface area contributed by atoms with Crippen LogP contribution in [-0.4, -0.2) is 20.3 Å². The quantitative estimate of drug-likeness (QED) is 0.487. The topological polar surface area (TPSA) is 43.4 Å². The highest BCUT2D eigenvalue weighted by Gasteiger charge is 2.54. The molecule has 2 rings (SSSR count). The van der Waals surface area contributed by atoms with Crippen LogP contribution in [0.1, 0.15) is 19.8 Å². The van der Waals surface area contributed by atoms with Crippen molar-refractivity contribution in [2.24, 2.45) is 5.41 Å². The minimum atomic E-state index is -3.14. The molecule has 4 heteroatoms. The molecular formula is C6H10O3S. The lowest BCUT2D eigenvalue weighted by atomic mass is 9.69. The van der Waals surface area contributed by atoms with Gasteiger partial charge in [0.1, 0.15) is 0 Å². The molecule has 58 valence electrons. The van der Waals surface area contributed by atoms with Gasteiger partial charge in [0.05, 0.1) is 11.9 Å². The summed E-state index contributed by atoms with van der Waals surface area (Å²) in [4.78, 5) is 0. The lowest BCUT2D eigenvalue weighted by Gasteiger charge is -2.37. The summed E-state index contributed by atoms with van der Waals surface area (Å²) in [6.45, 7) is 1.98. The van der Waals surface area contributed by atoms with E-state index >= 15 is 0 Å². The summed E-state index contributed by atoms with van der Waals surface area (Å²) in [7, 11) is -3.14. The highest BCUT2D eigenvalue weighted by molar-refractivity contribution is 7.87. The summed E-state index contributed by atoms with van der Waals surface area (Å²) in [5, 5.41) is 0. The van der Waals surface area contributed by atoms with Gasteiger partial charge in [0.2, 0.25) is 0 Å². The van der Waals surface area contributed by atoms with E-state index in [1.807, 2.05) is 6.92 Å². The summed E-state index contributed by atoms with van der Waals surface area (Å²) in [6, 6.07) is 0. The second kappa shape index (κ2) is 1.56. The van der Waals surface area contributed by atoms with Gasteiger partial charge in [-0.1, -0.05) is 6.92 Å². The van der Waals surface area contributed by atoms with Crippen molar-refractivity contribution in [1.29, 1.82) is 0 Å². The average molecular weight is 162 g/mol. The Kier molecular flexibility index (Phi) is 1.03. The van der Waals surface area contributed by atoms with Crippen LogP contribution in [0, 0.1) is 5.41 Å². The molecule has 0 radical (unpaired) electrons. The van der Waals surface area contributed by atoms with Crippen LogP contribution < -0.4 is 0 Å². The Morgan fingerprint density at radius 2 is 2.30 bits per heavy atom. The Labute approximate surface area is 60.5 Å². The van der Waals surface area contributed by atoms with Gasteiger partial charge in [-0.3, -0.25) is 4.18 Å². The molecule has 1 aliphatic heterocycles. The van der Waals surface area contributed by atoms with Crippen molar-refractivity contribution >= 4 is 10.1 Å². The minimum Gasteiger partial charge on any atom is -0.266 e.